The lowest BCUT2D eigenvalue weighted by molar-refractivity contribution is -0.155. The number of aliphatic carboxylic acids is 1. The summed E-state index contributed by atoms with van der Waals surface area (Å²) in [6.07, 6.45) is 1.01. The molecule has 122 valence electrons. The summed E-state index contributed by atoms with van der Waals surface area (Å²) < 4.78 is 5.62. The molecule has 0 radical (unpaired) electrons. The van der Waals surface area contributed by atoms with Gasteiger partial charge in [0.1, 0.15) is 5.75 Å². The number of aliphatic hydroxyl groups is 1. The number of benzene rings is 1. The van der Waals surface area contributed by atoms with Gasteiger partial charge in [-0.15, -0.1) is 0 Å². The van der Waals surface area contributed by atoms with Crippen molar-refractivity contribution in [2.45, 2.75) is 38.9 Å². The van der Waals surface area contributed by atoms with Crippen LogP contribution in [-0.4, -0.2) is 40.5 Å². The first-order valence-electron chi connectivity index (χ1n) is 7.02. The highest BCUT2D eigenvalue weighted by Gasteiger charge is 2.30. The lowest BCUT2D eigenvalue weighted by atomic mass is 10.1. The van der Waals surface area contributed by atoms with Gasteiger partial charge in [-0.05, 0) is 44.5 Å². The van der Waals surface area contributed by atoms with E-state index in [2.05, 4.69) is 10.6 Å². The lowest BCUT2D eigenvalue weighted by Crippen LogP contribution is -2.47. The van der Waals surface area contributed by atoms with Crippen molar-refractivity contribution in [2.75, 3.05) is 11.9 Å². The zero-order valence-electron chi connectivity index (χ0n) is 12.9. The minimum absolute atomic E-state index is 0.111. The van der Waals surface area contributed by atoms with E-state index in [0.29, 0.717) is 11.4 Å². The SMILES string of the molecule is CCC(C)Oc1ccc(NC(=O)NCC(C)(O)C(=O)O)cc1. The highest BCUT2D eigenvalue weighted by atomic mass is 16.5. The molecule has 4 N–H and O–H groups in total. The van der Waals surface area contributed by atoms with Crippen LogP contribution in [0.1, 0.15) is 27.2 Å². The highest BCUT2D eigenvalue weighted by molar-refractivity contribution is 5.90. The molecule has 0 aromatic heterocycles. The average Bonchev–Trinajstić information content (AvgIpc) is 2.47. The number of hydrogen-bond donors (Lipinski definition) is 4. The number of carboxylic acid groups (broad SMARTS) is 1. The van der Waals surface area contributed by atoms with E-state index in [4.69, 9.17) is 9.84 Å². The number of anilines is 1. The Hall–Kier alpha value is -2.28. The topological polar surface area (TPSA) is 108 Å². The molecule has 2 unspecified atom stereocenters. The lowest BCUT2D eigenvalue weighted by Gasteiger charge is -2.18. The summed E-state index contributed by atoms with van der Waals surface area (Å²) in [5.41, 5.74) is -1.48. The maximum absolute atomic E-state index is 11.6. The van der Waals surface area contributed by atoms with Crippen molar-refractivity contribution in [3.05, 3.63) is 24.3 Å². The molecule has 1 aromatic rings. The van der Waals surface area contributed by atoms with Crippen LogP contribution in [-0.2, 0) is 4.79 Å². The second kappa shape index (κ2) is 7.65. The monoisotopic (exact) mass is 310 g/mol. The summed E-state index contributed by atoms with van der Waals surface area (Å²) in [6, 6.07) is 6.21. The van der Waals surface area contributed by atoms with Gasteiger partial charge < -0.3 is 25.6 Å². The van der Waals surface area contributed by atoms with Crippen LogP contribution < -0.4 is 15.4 Å². The molecule has 0 saturated carbocycles. The van der Waals surface area contributed by atoms with E-state index in [9.17, 15) is 14.7 Å². The fraction of sp³-hybridized carbons (Fsp3) is 0.467. The van der Waals surface area contributed by atoms with Gasteiger partial charge in [-0.2, -0.15) is 0 Å². The summed E-state index contributed by atoms with van der Waals surface area (Å²) in [6.45, 7) is 4.70. The van der Waals surface area contributed by atoms with Crippen LogP contribution in [0.2, 0.25) is 0 Å². The smallest absolute Gasteiger partial charge is 0.337 e. The molecule has 0 aliphatic carbocycles. The van der Waals surface area contributed by atoms with E-state index < -0.39 is 24.1 Å². The first-order chi connectivity index (χ1) is 10.2. The predicted octanol–water partition coefficient (Wildman–Crippen LogP) is 1.82. The van der Waals surface area contributed by atoms with Gasteiger partial charge in [-0.25, -0.2) is 9.59 Å². The van der Waals surface area contributed by atoms with Crippen LogP contribution in [0.3, 0.4) is 0 Å². The molecule has 0 saturated heterocycles. The molecule has 1 rings (SSSR count). The molecule has 1 aromatic carbocycles. The number of ether oxygens (including phenoxy) is 1. The number of rotatable bonds is 7. The Kier molecular flexibility index (Phi) is 6.18. The Morgan fingerprint density at radius 2 is 1.91 bits per heavy atom. The summed E-state index contributed by atoms with van der Waals surface area (Å²) in [4.78, 5) is 22.3. The predicted molar refractivity (Wildman–Crippen MR) is 82.1 cm³/mol. The molecular weight excluding hydrogens is 288 g/mol. The van der Waals surface area contributed by atoms with E-state index in [1.165, 1.54) is 0 Å². The summed E-state index contributed by atoms with van der Waals surface area (Å²) >= 11 is 0. The molecule has 0 aliphatic rings. The van der Waals surface area contributed by atoms with Crippen molar-refractivity contribution in [3.63, 3.8) is 0 Å². The number of carbonyl (C=O) groups is 2. The van der Waals surface area contributed by atoms with Gasteiger partial charge in [0, 0.05) is 5.69 Å². The molecule has 0 heterocycles. The second-order valence-corrected chi connectivity index (χ2v) is 5.25. The van der Waals surface area contributed by atoms with Crippen molar-refractivity contribution in [1.82, 2.24) is 5.32 Å². The van der Waals surface area contributed by atoms with E-state index >= 15 is 0 Å². The fourth-order valence-corrected chi connectivity index (χ4v) is 1.44. The molecule has 7 nitrogen and oxygen atoms in total. The minimum Gasteiger partial charge on any atom is -0.491 e. The Labute approximate surface area is 129 Å². The number of amides is 2. The molecular formula is C15H22N2O5. The third kappa shape index (κ3) is 5.61. The molecule has 2 amide bonds. The Morgan fingerprint density at radius 1 is 1.32 bits per heavy atom. The normalized spacial score (nSPS) is 14.5. The van der Waals surface area contributed by atoms with Crippen LogP contribution >= 0.6 is 0 Å². The zero-order valence-corrected chi connectivity index (χ0v) is 12.9. The van der Waals surface area contributed by atoms with Crippen LogP contribution in [0, 0.1) is 0 Å². The minimum atomic E-state index is -2.01. The average molecular weight is 310 g/mol. The first-order valence-corrected chi connectivity index (χ1v) is 7.02. The fourth-order valence-electron chi connectivity index (χ4n) is 1.44. The number of urea groups is 1. The number of carbonyl (C=O) groups excluding carboxylic acids is 1. The van der Waals surface area contributed by atoms with Gasteiger partial charge in [-0.3, -0.25) is 0 Å². The molecule has 0 bridgehead atoms. The maximum Gasteiger partial charge on any atom is 0.337 e. The third-order valence-electron chi connectivity index (χ3n) is 3.08. The van der Waals surface area contributed by atoms with Gasteiger partial charge >= 0.3 is 12.0 Å². The quantitative estimate of drug-likeness (QED) is 0.614. The number of hydrogen-bond acceptors (Lipinski definition) is 4. The van der Waals surface area contributed by atoms with Crippen LogP contribution in [0.5, 0.6) is 5.75 Å². The van der Waals surface area contributed by atoms with Crippen molar-refractivity contribution in [3.8, 4) is 5.75 Å². The Balaban J connectivity index is 2.50. The molecule has 0 aliphatic heterocycles. The summed E-state index contributed by atoms with van der Waals surface area (Å²) in [5, 5.41) is 23.1. The van der Waals surface area contributed by atoms with Gasteiger partial charge in [0.2, 0.25) is 0 Å². The third-order valence-corrected chi connectivity index (χ3v) is 3.08. The van der Waals surface area contributed by atoms with Gasteiger partial charge in [-0.1, -0.05) is 6.92 Å². The van der Waals surface area contributed by atoms with Gasteiger partial charge in [0.05, 0.1) is 12.6 Å². The van der Waals surface area contributed by atoms with Gasteiger partial charge in [0.15, 0.2) is 5.60 Å². The summed E-state index contributed by atoms with van der Waals surface area (Å²) in [5.74, 6) is -0.700. The molecule has 7 heteroatoms. The van der Waals surface area contributed by atoms with Crippen molar-refractivity contribution >= 4 is 17.7 Å². The van der Waals surface area contributed by atoms with E-state index in [1.807, 2.05) is 13.8 Å². The van der Waals surface area contributed by atoms with Crippen LogP contribution in [0.25, 0.3) is 0 Å². The van der Waals surface area contributed by atoms with E-state index in [1.54, 1.807) is 24.3 Å². The van der Waals surface area contributed by atoms with Crippen molar-refractivity contribution < 1.29 is 24.5 Å². The van der Waals surface area contributed by atoms with E-state index in [-0.39, 0.29) is 6.10 Å². The zero-order chi connectivity index (χ0) is 16.8. The molecule has 22 heavy (non-hydrogen) atoms. The largest absolute Gasteiger partial charge is 0.491 e. The molecule has 2 atom stereocenters. The van der Waals surface area contributed by atoms with E-state index in [0.717, 1.165) is 13.3 Å². The Morgan fingerprint density at radius 3 is 2.41 bits per heavy atom. The number of nitrogens with one attached hydrogen (secondary N) is 2. The first kappa shape index (κ1) is 17.8. The second-order valence-electron chi connectivity index (χ2n) is 5.25. The summed E-state index contributed by atoms with van der Waals surface area (Å²) in [7, 11) is 0. The van der Waals surface area contributed by atoms with Crippen molar-refractivity contribution in [2.24, 2.45) is 0 Å². The van der Waals surface area contributed by atoms with Crippen LogP contribution in [0.4, 0.5) is 10.5 Å². The Bertz CT molecular complexity index is 513. The number of carboxylic acids is 1. The van der Waals surface area contributed by atoms with Crippen molar-refractivity contribution in [1.29, 1.82) is 0 Å². The van der Waals surface area contributed by atoms with Gasteiger partial charge in [0.25, 0.3) is 0 Å². The standard InChI is InChI=1S/C15H22N2O5/c1-4-10(2)22-12-7-5-11(6-8-12)17-14(20)16-9-15(3,21)13(18)19/h5-8,10,21H,4,9H2,1-3H3,(H,18,19)(H2,16,17,20). The van der Waals surface area contributed by atoms with Crippen LogP contribution in [0.15, 0.2) is 24.3 Å². The maximum atomic E-state index is 11.6. The molecule has 0 spiro atoms. The molecule has 0 fully saturated rings. The highest BCUT2D eigenvalue weighted by Crippen LogP contribution is 2.17.